The average molecular weight is 259 g/mol. The second kappa shape index (κ2) is 6.92. The van der Waals surface area contributed by atoms with Crippen molar-refractivity contribution in [2.75, 3.05) is 6.54 Å². The van der Waals surface area contributed by atoms with Gasteiger partial charge in [0, 0.05) is 31.4 Å². The van der Waals surface area contributed by atoms with Crippen LogP contribution < -0.4 is 5.32 Å². The molecule has 1 aliphatic carbocycles. The summed E-state index contributed by atoms with van der Waals surface area (Å²) in [6, 6.07) is 0. The summed E-state index contributed by atoms with van der Waals surface area (Å²) in [4.78, 5) is 11.6. The van der Waals surface area contributed by atoms with Crippen molar-refractivity contribution < 1.29 is 4.79 Å². The number of aryl methyl sites for hydroxylation is 1. The van der Waals surface area contributed by atoms with E-state index in [4.69, 9.17) is 0 Å². The molecule has 0 radical (unpaired) electrons. The van der Waals surface area contributed by atoms with Gasteiger partial charge in [-0.15, -0.1) is 0 Å². The topological polar surface area (TPSA) is 46.9 Å². The first-order valence-electron chi connectivity index (χ1n) is 6.86. The van der Waals surface area contributed by atoms with Crippen molar-refractivity contribution in [2.24, 2.45) is 7.05 Å². The molecule has 1 amide bonds. The maximum Gasteiger partial charge on any atom is 0.244 e. The van der Waals surface area contributed by atoms with Crippen LogP contribution in [0.5, 0.6) is 0 Å². The van der Waals surface area contributed by atoms with Gasteiger partial charge in [0.25, 0.3) is 0 Å². The highest BCUT2D eigenvalue weighted by Crippen LogP contribution is 2.19. The van der Waals surface area contributed by atoms with Crippen LogP contribution in [-0.2, 0) is 11.8 Å². The summed E-state index contributed by atoms with van der Waals surface area (Å²) in [5, 5.41) is 6.96. The van der Waals surface area contributed by atoms with Gasteiger partial charge in [0.1, 0.15) is 0 Å². The van der Waals surface area contributed by atoms with E-state index < -0.39 is 0 Å². The van der Waals surface area contributed by atoms with E-state index in [1.165, 1.54) is 31.3 Å². The van der Waals surface area contributed by atoms with Crippen LogP contribution in [0.15, 0.2) is 30.1 Å². The van der Waals surface area contributed by atoms with Gasteiger partial charge in [-0.25, -0.2) is 0 Å². The highest BCUT2D eigenvalue weighted by Gasteiger charge is 2.03. The number of hydrogen-bond donors (Lipinski definition) is 1. The molecule has 0 spiro atoms. The number of allylic oxidation sites excluding steroid dienone is 1. The first-order valence-corrected chi connectivity index (χ1v) is 6.86. The van der Waals surface area contributed by atoms with Crippen molar-refractivity contribution in [1.82, 2.24) is 15.1 Å². The van der Waals surface area contributed by atoms with E-state index in [9.17, 15) is 4.79 Å². The minimum atomic E-state index is -0.0414. The van der Waals surface area contributed by atoms with Crippen molar-refractivity contribution in [3.8, 4) is 0 Å². The number of nitrogens with one attached hydrogen (secondary N) is 1. The normalized spacial score (nSPS) is 15.5. The zero-order chi connectivity index (χ0) is 13.5. The Bertz CT molecular complexity index is 485. The molecule has 1 N–H and O–H groups in total. The number of rotatable bonds is 5. The van der Waals surface area contributed by atoms with Crippen molar-refractivity contribution in [1.29, 1.82) is 0 Å². The molecule has 0 saturated heterocycles. The Morgan fingerprint density at radius 1 is 1.53 bits per heavy atom. The molecular weight excluding hydrogens is 238 g/mol. The van der Waals surface area contributed by atoms with Crippen molar-refractivity contribution in [3.63, 3.8) is 0 Å². The lowest BCUT2D eigenvalue weighted by Gasteiger charge is -2.12. The molecule has 19 heavy (non-hydrogen) atoms. The zero-order valence-corrected chi connectivity index (χ0v) is 11.4. The van der Waals surface area contributed by atoms with Crippen molar-refractivity contribution >= 4 is 12.0 Å². The number of carbonyl (C=O) groups excluding carboxylic acids is 1. The molecule has 0 unspecified atom stereocenters. The Morgan fingerprint density at radius 3 is 3.11 bits per heavy atom. The third-order valence-corrected chi connectivity index (χ3v) is 3.28. The molecular formula is C15H21N3O. The van der Waals surface area contributed by atoms with Crippen LogP contribution in [0.4, 0.5) is 0 Å². The fourth-order valence-electron chi connectivity index (χ4n) is 2.24. The van der Waals surface area contributed by atoms with E-state index in [0.717, 1.165) is 18.5 Å². The molecule has 0 aromatic carbocycles. The van der Waals surface area contributed by atoms with Crippen LogP contribution in [0.2, 0.25) is 0 Å². The third-order valence-electron chi connectivity index (χ3n) is 3.28. The molecule has 0 saturated carbocycles. The van der Waals surface area contributed by atoms with E-state index in [-0.39, 0.29) is 5.91 Å². The largest absolute Gasteiger partial charge is 0.352 e. The van der Waals surface area contributed by atoms with Crippen LogP contribution in [0.25, 0.3) is 6.08 Å². The molecule has 0 aliphatic heterocycles. The molecule has 0 bridgehead atoms. The Balaban J connectivity index is 1.69. The van der Waals surface area contributed by atoms with Crippen LogP contribution in [0, 0.1) is 0 Å². The predicted octanol–water partition coefficient (Wildman–Crippen LogP) is 2.44. The standard InChI is InChI=1S/C15H21N3O/c1-18-12-14(11-17-18)7-8-15(19)16-10-9-13-5-3-2-4-6-13/h5,7-8,11-12H,2-4,6,9-10H2,1H3,(H,16,19)/b8-7+. The van der Waals surface area contributed by atoms with Crippen molar-refractivity contribution in [2.45, 2.75) is 32.1 Å². The van der Waals surface area contributed by atoms with Crippen LogP contribution in [-0.4, -0.2) is 22.2 Å². The number of carbonyl (C=O) groups is 1. The minimum absolute atomic E-state index is 0.0414. The molecule has 2 rings (SSSR count). The second-order valence-electron chi connectivity index (χ2n) is 4.93. The maximum absolute atomic E-state index is 11.6. The van der Waals surface area contributed by atoms with Gasteiger partial charge in [-0.05, 0) is 38.2 Å². The first kappa shape index (κ1) is 13.6. The maximum atomic E-state index is 11.6. The fourth-order valence-corrected chi connectivity index (χ4v) is 2.24. The van der Waals surface area contributed by atoms with Gasteiger partial charge in [0.2, 0.25) is 5.91 Å². The van der Waals surface area contributed by atoms with Crippen molar-refractivity contribution in [3.05, 3.63) is 35.7 Å². The third kappa shape index (κ3) is 4.73. The van der Waals surface area contributed by atoms with Gasteiger partial charge in [-0.2, -0.15) is 5.10 Å². The monoisotopic (exact) mass is 259 g/mol. The van der Waals surface area contributed by atoms with Crippen LogP contribution in [0.1, 0.15) is 37.7 Å². The summed E-state index contributed by atoms with van der Waals surface area (Å²) in [5.74, 6) is -0.0414. The highest BCUT2D eigenvalue weighted by molar-refractivity contribution is 5.91. The predicted molar refractivity (Wildman–Crippen MR) is 76.4 cm³/mol. The molecule has 1 aliphatic rings. The minimum Gasteiger partial charge on any atom is -0.352 e. The highest BCUT2D eigenvalue weighted by atomic mass is 16.1. The summed E-state index contributed by atoms with van der Waals surface area (Å²) in [6.45, 7) is 0.724. The molecule has 0 fully saturated rings. The second-order valence-corrected chi connectivity index (χ2v) is 4.93. The van der Waals surface area contributed by atoms with E-state index >= 15 is 0 Å². The van der Waals surface area contributed by atoms with Gasteiger partial charge < -0.3 is 5.32 Å². The van der Waals surface area contributed by atoms with E-state index in [2.05, 4.69) is 16.5 Å². The Morgan fingerprint density at radius 2 is 2.42 bits per heavy atom. The summed E-state index contributed by atoms with van der Waals surface area (Å²) < 4.78 is 1.72. The summed E-state index contributed by atoms with van der Waals surface area (Å²) in [5.41, 5.74) is 2.43. The lowest BCUT2D eigenvalue weighted by Crippen LogP contribution is -2.22. The Labute approximate surface area is 114 Å². The first-order chi connectivity index (χ1) is 9.24. The quantitative estimate of drug-likeness (QED) is 0.652. The van der Waals surface area contributed by atoms with Gasteiger partial charge in [0.05, 0.1) is 6.20 Å². The molecule has 4 nitrogen and oxygen atoms in total. The number of amides is 1. The number of hydrogen-bond acceptors (Lipinski definition) is 2. The van der Waals surface area contributed by atoms with E-state index in [1.54, 1.807) is 23.0 Å². The fraction of sp³-hybridized carbons (Fsp3) is 0.467. The molecule has 4 heteroatoms. The zero-order valence-electron chi connectivity index (χ0n) is 11.4. The summed E-state index contributed by atoms with van der Waals surface area (Å²) >= 11 is 0. The number of aromatic nitrogens is 2. The van der Waals surface area contributed by atoms with Gasteiger partial charge >= 0.3 is 0 Å². The Kier molecular flexibility index (Phi) is 4.95. The molecule has 102 valence electrons. The van der Waals surface area contributed by atoms with Gasteiger partial charge in [-0.1, -0.05) is 11.6 Å². The Hall–Kier alpha value is -1.84. The summed E-state index contributed by atoms with van der Waals surface area (Å²) in [6.07, 6.45) is 15.2. The SMILES string of the molecule is Cn1cc(/C=C/C(=O)NCCC2=CCCCC2)cn1. The number of nitrogens with zero attached hydrogens (tertiary/aromatic N) is 2. The molecule has 1 heterocycles. The smallest absolute Gasteiger partial charge is 0.244 e. The van der Waals surface area contributed by atoms with E-state index in [0.29, 0.717) is 0 Å². The van der Waals surface area contributed by atoms with Gasteiger partial charge in [-0.3, -0.25) is 9.48 Å². The van der Waals surface area contributed by atoms with Crippen LogP contribution in [0.3, 0.4) is 0 Å². The average Bonchev–Trinajstić information content (AvgIpc) is 2.83. The molecule has 0 atom stereocenters. The molecule has 1 aromatic heterocycles. The van der Waals surface area contributed by atoms with E-state index in [1.807, 2.05) is 13.2 Å². The summed E-state index contributed by atoms with van der Waals surface area (Å²) in [7, 11) is 1.86. The molecule has 1 aromatic rings. The lowest BCUT2D eigenvalue weighted by molar-refractivity contribution is -0.116. The van der Waals surface area contributed by atoms with Gasteiger partial charge in [0.15, 0.2) is 0 Å². The lowest BCUT2D eigenvalue weighted by atomic mass is 9.97. The van der Waals surface area contributed by atoms with Crippen LogP contribution >= 0.6 is 0 Å².